The molecule has 0 bridgehead atoms. The summed E-state index contributed by atoms with van der Waals surface area (Å²) < 4.78 is -1.40. The smallest absolute Gasteiger partial charge is 0.215 e. The summed E-state index contributed by atoms with van der Waals surface area (Å²) in [5.74, 6) is 0. The Kier molecular flexibility index (Phi) is 4.93. The van der Waals surface area contributed by atoms with Gasteiger partial charge in [-0.05, 0) is 0 Å². The molecule has 0 rings (SSSR count). The highest BCUT2D eigenvalue weighted by Crippen LogP contribution is 2.25. The van der Waals surface area contributed by atoms with E-state index in [0.29, 0.717) is 0 Å². The van der Waals surface area contributed by atoms with Crippen LogP contribution < -0.4 is 5.64 Å². The van der Waals surface area contributed by atoms with Gasteiger partial charge in [0.15, 0.2) is 0 Å². The summed E-state index contributed by atoms with van der Waals surface area (Å²) in [6.07, 6.45) is 0. The van der Waals surface area contributed by atoms with Crippen molar-refractivity contribution in [1.29, 1.82) is 0 Å². The lowest BCUT2D eigenvalue weighted by Crippen LogP contribution is -2.21. The SMILES string of the molecule is CONOCC(Cl)(Cl)Cl. The summed E-state index contributed by atoms with van der Waals surface area (Å²) in [6.45, 7) is -0.0640. The number of halogens is 3. The largest absolute Gasteiger partial charge is 0.280 e. The lowest BCUT2D eigenvalue weighted by molar-refractivity contribution is -0.150. The van der Waals surface area contributed by atoms with Crippen LogP contribution in [0.5, 0.6) is 0 Å². The molecule has 9 heavy (non-hydrogen) atoms. The molecule has 0 spiro atoms. The maximum atomic E-state index is 5.28. The van der Waals surface area contributed by atoms with Gasteiger partial charge in [-0.1, -0.05) is 40.4 Å². The number of nitrogens with one attached hydrogen (secondary N) is 1. The average molecular weight is 194 g/mol. The molecule has 0 aromatic rings. The van der Waals surface area contributed by atoms with E-state index in [1.165, 1.54) is 7.11 Å². The second kappa shape index (κ2) is 4.55. The van der Waals surface area contributed by atoms with Crippen LogP contribution in [0.2, 0.25) is 0 Å². The molecule has 0 aliphatic heterocycles. The zero-order valence-electron chi connectivity index (χ0n) is 4.66. The first-order valence-corrected chi connectivity index (χ1v) is 3.16. The van der Waals surface area contributed by atoms with Crippen LogP contribution in [-0.2, 0) is 9.68 Å². The molecule has 0 unspecified atom stereocenters. The Morgan fingerprint density at radius 2 is 2.00 bits per heavy atom. The van der Waals surface area contributed by atoms with E-state index in [9.17, 15) is 0 Å². The molecule has 0 atom stereocenters. The van der Waals surface area contributed by atoms with E-state index in [1.807, 2.05) is 0 Å². The minimum absolute atomic E-state index is 0.0640. The van der Waals surface area contributed by atoms with Gasteiger partial charge >= 0.3 is 0 Å². The molecule has 6 heteroatoms. The minimum Gasteiger partial charge on any atom is -0.280 e. The maximum absolute atomic E-state index is 5.28. The second-order valence-electron chi connectivity index (χ2n) is 1.19. The van der Waals surface area contributed by atoms with Crippen molar-refractivity contribution < 1.29 is 9.68 Å². The van der Waals surface area contributed by atoms with Gasteiger partial charge < -0.3 is 0 Å². The summed E-state index contributed by atoms with van der Waals surface area (Å²) in [4.78, 5) is 8.77. The van der Waals surface area contributed by atoms with Crippen LogP contribution in [0, 0.1) is 0 Å². The Morgan fingerprint density at radius 1 is 1.44 bits per heavy atom. The molecule has 0 aromatic heterocycles. The number of alkyl halides is 3. The minimum atomic E-state index is -1.40. The normalized spacial score (nSPS) is 12.0. The first kappa shape index (κ1) is 9.75. The van der Waals surface area contributed by atoms with Crippen molar-refractivity contribution in [2.75, 3.05) is 13.7 Å². The quantitative estimate of drug-likeness (QED) is 0.419. The highest BCUT2D eigenvalue weighted by Gasteiger charge is 2.19. The molecule has 0 radical (unpaired) electrons. The number of hydrogen-bond donors (Lipinski definition) is 1. The fraction of sp³-hybridized carbons (Fsp3) is 1.00. The molecular formula is C3H6Cl3NO2. The summed E-state index contributed by atoms with van der Waals surface area (Å²) >= 11 is 15.8. The molecule has 1 N–H and O–H groups in total. The molecule has 0 saturated heterocycles. The number of rotatable bonds is 3. The Labute approximate surface area is 68.1 Å². The van der Waals surface area contributed by atoms with Crippen LogP contribution in [-0.4, -0.2) is 17.5 Å². The Morgan fingerprint density at radius 3 is 2.33 bits per heavy atom. The van der Waals surface area contributed by atoms with Crippen LogP contribution in [0.25, 0.3) is 0 Å². The third kappa shape index (κ3) is 8.75. The van der Waals surface area contributed by atoms with Crippen molar-refractivity contribution in [2.45, 2.75) is 3.79 Å². The molecule has 0 amide bonds. The predicted molar refractivity (Wildman–Crippen MR) is 36.4 cm³/mol. The molecule has 0 aromatic carbocycles. The highest BCUT2D eigenvalue weighted by molar-refractivity contribution is 6.67. The van der Waals surface area contributed by atoms with Crippen molar-refractivity contribution >= 4 is 34.8 Å². The van der Waals surface area contributed by atoms with Crippen LogP contribution in [0.3, 0.4) is 0 Å². The van der Waals surface area contributed by atoms with Gasteiger partial charge in [0.05, 0.1) is 7.11 Å². The molecule has 0 saturated carbocycles. The van der Waals surface area contributed by atoms with Gasteiger partial charge in [-0.2, -0.15) is 0 Å². The molecule has 56 valence electrons. The van der Waals surface area contributed by atoms with Crippen molar-refractivity contribution in [3.05, 3.63) is 0 Å². The van der Waals surface area contributed by atoms with Crippen molar-refractivity contribution in [1.82, 2.24) is 5.64 Å². The van der Waals surface area contributed by atoms with Crippen molar-refractivity contribution in [3.63, 3.8) is 0 Å². The number of hydrogen-bond acceptors (Lipinski definition) is 3. The third-order valence-corrected chi connectivity index (χ3v) is 0.705. The van der Waals surface area contributed by atoms with Gasteiger partial charge in [0, 0.05) is 0 Å². The summed E-state index contributed by atoms with van der Waals surface area (Å²) in [7, 11) is 1.39. The molecule has 0 fully saturated rings. The summed E-state index contributed by atoms with van der Waals surface area (Å²) in [6, 6.07) is 0. The second-order valence-corrected chi connectivity index (χ2v) is 3.71. The third-order valence-electron chi connectivity index (χ3n) is 0.378. The molecule has 0 aliphatic rings. The topological polar surface area (TPSA) is 30.5 Å². The van der Waals surface area contributed by atoms with Crippen LogP contribution >= 0.6 is 34.8 Å². The lowest BCUT2D eigenvalue weighted by Gasteiger charge is -2.09. The Bertz CT molecular complexity index is 73.9. The van der Waals surface area contributed by atoms with Gasteiger partial charge in [-0.15, -0.1) is 0 Å². The van der Waals surface area contributed by atoms with Gasteiger partial charge in [0.25, 0.3) is 0 Å². The van der Waals surface area contributed by atoms with E-state index < -0.39 is 3.79 Å². The van der Waals surface area contributed by atoms with E-state index >= 15 is 0 Å². The molecular weight excluding hydrogens is 188 g/mol. The standard InChI is InChI=1S/C3H6Cl3NO2/c1-8-7-9-2-3(4,5)6/h7H,2H2,1H3. The Balaban J connectivity index is 3.07. The van der Waals surface area contributed by atoms with E-state index in [-0.39, 0.29) is 6.61 Å². The van der Waals surface area contributed by atoms with Gasteiger partial charge in [-0.25, -0.2) is 0 Å². The monoisotopic (exact) mass is 193 g/mol. The van der Waals surface area contributed by atoms with Crippen LogP contribution in [0.4, 0.5) is 0 Å². The average Bonchev–Trinajstić information content (AvgIpc) is 1.63. The summed E-state index contributed by atoms with van der Waals surface area (Å²) in [5.41, 5.74) is 2.05. The van der Waals surface area contributed by atoms with Gasteiger partial charge in [0.2, 0.25) is 3.79 Å². The first-order chi connectivity index (χ1) is 4.06. The lowest BCUT2D eigenvalue weighted by atomic mass is 10.8. The zero-order valence-corrected chi connectivity index (χ0v) is 6.93. The van der Waals surface area contributed by atoms with Crippen molar-refractivity contribution in [3.8, 4) is 0 Å². The highest BCUT2D eigenvalue weighted by atomic mass is 35.6. The predicted octanol–water partition coefficient (Wildman–Crippen LogP) is 1.44. The maximum Gasteiger partial charge on any atom is 0.215 e. The zero-order chi connectivity index (χ0) is 7.33. The molecule has 0 aliphatic carbocycles. The van der Waals surface area contributed by atoms with Gasteiger partial charge in [0.1, 0.15) is 6.61 Å². The van der Waals surface area contributed by atoms with E-state index in [2.05, 4.69) is 15.3 Å². The molecule has 3 nitrogen and oxygen atoms in total. The summed E-state index contributed by atoms with van der Waals surface area (Å²) in [5, 5.41) is 0. The van der Waals surface area contributed by atoms with Gasteiger partial charge in [-0.3, -0.25) is 9.68 Å². The Hall–Kier alpha value is 0.750. The van der Waals surface area contributed by atoms with E-state index in [4.69, 9.17) is 34.8 Å². The van der Waals surface area contributed by atoms with E-state index in [0.717, 1.165) is 0 Å². The molecule has 0 heterocycles. The first-order valence-electron chi connectivity index (χ1n) is 2.03. The van der Waals surface area contributed by atoms with Crippen LogP contribution in [0.15, 0.2) is 0 Å². The van der Waals surface area contributed by atoms with E-state index in [1.54, 1.807) is 0 Å². The van der Waals surface area contributed by atoms with Crippen LogP contribution in [0.1, 0.15) is 0 Å². The fourth-order valence-corrected chi connectivity index (χ4v) is 0.334. The van der Waals surface area contributed by atoms with Crippen molar-refractivity contribution in [2.24, 2.45) is 0 Å². The fourth-order valence-electron chi connectivity index (χ4n) is 0.170.